The smallest absolute Gasteiger partial charge is 0.416 e. The number of rotatable bonds is 3. The minimum absolute atomic E-state index is 0.171. The minimum Gasteiger partial charge on any atom is -0.480 e. The summed E-state index contributed by atoms with van der Waals surface area (Å²) in [4.78, 5) is 16.0. The lowest BCUT2D eigenvalue weighted by molar-refractivity contribution is -0.145. The Bertz CT molecular complexity index is 815. The van der Waals surface area contributed by atoms with Gasteiger partial charge in [0.2, 0.25) is 0 Å². The van der Waals surface area contributed by atoms with Crippen LogP contribution in [0.4, 0.5) is 18.9 Å². The first kappa shape index (κ1) is 17.5. The van der Waals surface area contributed by atoms with Crippen molar-refractivity contribution in [1.29, 1.82) is 0 Å². The van der Waals surface area contributed by atoms with Gasteiger partial charge in [-0.3, -0.25) is 4.98 Å². The fraction of sp³-hybridized carbons (Fsp3) is 0.412. The highest BCUT2D eigenvalue weighted by atomic mass is 19.4. The molecule has 1 aliphatic rings. The third-order valence-electron chi connectivity index (χ3n) is 4.39. The number of nitrogens with one attached hydrogen (secondary N) is 1. The van der Waals surface area contributed by atoms with Crippen molar-refractivity contribution in [3.05, 3.63) is 35.5 Å². The number of nitrogens with zero attached hydrogens (tertiary/aromatic N) is 1. The summed E-state index contributed by atoms with van der Waals surface area (Å²) in [5, 5.41) is 13.1. The predicted molar refractivity (Wildman–Crippen MR) is 85.5 cm³/mol. The van der Waals surface area contributed by atoms with Crippen molar-refractivity contribution in [1.82, 2.24) is 4.98 Å². The van der Waals surface area contributed by atoms with Crippen LogP contribution in [0.5, 0.6) is 0 Å². The number of benzene rings is 1. The zero-order chi connectivity index (χ0) is 18.2. The maximum atomic E-state index is 12.9. The van der Waals surface area contributed by atoms with Crippen LogP contribution < -0.4 is 5.32 Å². The minimum atomic E-state index is -4.46. The number of ether oxygens (including phenoxy) is 1. The number of hydrogen-bond donors (Lipinski definition) is 2. The van der Waals surface area contributed by atoms with E-state index in [2.05, 4.69) is 10.3 Å². The van der Waals surface area contributed by atoms with Crippen LogP contribution in [0.15, 0.2) is 24.3 Å². The average Bonchev–Trinajstić information content (AvgIpc) is 2.54. The number of aliphatic carboxylic acids is 1. The van der Waals surface area contributed by atoms with Crippen LogP contribution in [0.1, 0.15) is 24.1 Å². The highest BCUT2D eigenvalue weighted by molar-refractivity contribution is 5.94. The number of fused-ring (bicyclic) bond motifs is 1. The van der Waals surface area contributed by atoms with E-state index in [0.29, 0.717) is 30.0 Å². The Morgan fingerprint density at radius 2 is 1.96 bits per heavy atom. The summed E-state index contributed by atoms with van der Waals surface area (Å²) in [6.45, 7) is 2.27. The normalized spacial score (nSPS) is 17.4. The molecule has 0 saturated carbocycles. The van der Waals surface area contributed by atoms with Gasteiger partial charge < -0.3 is 15.2 Å². The van der Waals surface area contributed by atoms with Crippen molar-refractivity contribution in [3.8, 4) is 0 Å². The number of anilines is 1. The molecule has 5 nitrogen and oxygen atoms in total. The van der Waals surface area contributed by atoms with E-state index in [9.17, 15) is 23.1 Å². The molecular formula is C17H17F3N2O3. The maximum absolute atomic E-state index is 12.9. The molecule has 0 bridgehead atoms. The first-order chi connectivity index (χ1) is 11.7. The van der Waals surface area contributed by atoms with Crippen molar-refractivity contribution in [2.24, 2.45) is 0 Å². The summed E-state index contributed by atoms with van der Waals surface area (Å²) in [5.74, 6) is -1.01. The van der Waals surface area contributed by atoms with E-state index in [1.54, 1.807) is 13.0 Å². The van der Waals surface area contributed by atoms with E-state index in [-0.39, 0.29) is 18.4 Å². The van der Waals surface area contributed by atoms with Gasteiger partial charge in [-0.1, -0.05) is 6.07 Å². The van der Waals surface area contributed by atoms with Crippen molar-refractivity contribution in [3.63, 3.8) is 0 Å². The zero-order valence-electron chi connectivity index (χ0n) is 13.5. The monoisotopic (exact) mass is 354 g/mol. The van der Waals surface area contributed by atoms with Crippen LogP contribution in [-0.4, -0.2) is 34.8 Å². The van der Waals surface area contributed by atoms with Crippen LogP contribution in [0, 0.1) is 6.92 Å². The molecule has 1 fully saturated rings. The van der Waals surface area contributed by atoms with Gasteiger partial charge in [0, 0.05) is 42.8 Å². The summed E-state index contributed by atoms with van der Waals surface area (Å²) in [6, 6.07) is 4.92. The zero-order valence-corrected chi connectivity index (χ0v) is 13.5. The van der Waals surface area contributed by atoms with E-state index >= 15 is 0 Å². The lowest BCUT2D eigenvalue weighted by Gasteiger charge is -2.35. The third-order valence-corrected chi connectivity index (χ3v) is 4.39. The SMILES string of the molecule is Cc1cc(NC2(C(=O)O)CCOCC2)c2ccc(C(F)(F)F)cc2n1. The highest BCUT2D eigenvalue weighted by Gasteiger charge is 2.40. The lowest BCUT2D eigenvalue weighted by atomic mass is 9.89. The first-order valence-corrected chi connectivity index (χ1v) is 7.79. The van der Waals surface area contributed by atoms with Gasteiger partial charge in [-0.25, -0.2) is 4.79 Å². The molecule has 0 aliphatic carbocycles. The first-order valence-electron chi connectivity index (χ1n) is 7.79. The molecule has 2 N–H and O–H groups in total. The molecule has 1 aromatic heterocycles. The van der Waals surface area contributed by atoms with E-state index in [0.717, 1.165) is 12.1 Å². The number of aryl methyl sites for hydroxylation is 1. The molecule has 1 aliphatic heterocycles. The molecule has 0 atom stereocenters. The summed E-state index contributed by atoms with van der Waals surface area (Å²) in [5.41, 5.74) is -0.864. The summed E-state index contributed by atoms with van der Waals surface area (Å²) in [7, 11) is 0. The Morgan fingerprint density at radius 3 is 2.56 bits per heavy atom. The molecule has 0 unspecified atom stereocenters. The van der Waals surface area contributed by atoms with Crippen molar-refractivity contribution >= 4 is 22.6 Å². The highest BCUT2D eigenvalue weighted by Crippen LogP contribution is 2.35. The quantitative estimate of drug-likeness (QED) is 0.881. The van der Waals surface area contributed by atoms with Gasteiger partial charge >= 0.3 is 12.1 Å². The number of carboxylic acid groups (broad SMARTS) is 1. The molecular weight excluding hydrogens is 337 g/mol. The molecule has 1 aromatic carbocycles. The van der Waals surface area contributed by atoms with Crippen LogP contribution in [0.2, 0.25) is 0 Å². The third kappa shape index (κ3) is 3.39. The Balaban J connectivity index is 2.08. The largest absolute Gasteiger partial charge is 0.480 e. The van der Waals surface area contributed by atoms with Crippen molar-refractivity contribution in [2.75, 3.05) is 18.5 Å². The lowest BCUT2D eigenvalue weighted by Crippen LogP contribution is -2.50. The number of halogens is 3. The van der Waals surface area contributed by atoms with Gasteiger partial charge in [-0.15, -0.1) is 0 Å². The van der Waals surface area contributed by atoms with Gasteiger partial charge in [0.05, 0.1) is 11.1 Å². The molecule has 0 spiro atoms. The Morgan fingerprint density at radius 1 is 1.28 bits per heavy atom. The number of pyridine rings is 1. The maximum Gasteiger partial charge on any atom is 0.416 e. The number of carbonyl (C=O) groups is 1. The molecule has 1 saturated heterocycles. The van der Waals surface area contributed by atoms with Gasteiger partial charge in [0.25, 0.3) is 0 Å². The van der Waals surface area contributed by atoms with Crippen LogP contribution in [0.25, 0.3) is 10.9 Å². The second-order valence-electron chi connectivity index (χ2n) is 6.17. The Hall–Kier alpha value is -2.35. The fourth-order valence-corrected chi connectivity index (χ4v) is 3.01. The fourth-order valence-electron chi connectivity index (χ4n) is 3.01. The average molecular weight is 354 g/mol. The number of hydrogen-bond acceptors (Lipinski definition) is 4. The Labute approximate surface area is 141 Å². The van der Waals surface area contributed by atoms with E-state index in [1.165, 1.54) is 6.07 Å². The van der Waals surface area contributed by atoms with Crippen LogP contribution in [-0.2, 0) is 15.7 Å². The van der Waals surface area contributed by atoms with E-state index < -0.39 is 23.2 Å². The standard InChI is InChI=1S/C17H17F3N2O3/c1-10-8-14(22-16(15(23)24)4-6-25-7-5-16)12-3-2-11(17(18,19)20)9-13(12)21-10/h2-3,8-9H,4-7H2,1H3,(H,21,22)(H,23,24). The molecule has 134 valence electrons. The van der Waals surface area contributed by atoms with Gasteiger partial charge in [0.15, 0.2) is 0 Å². The molecule has 8 heteroatoms. The Kier molecular flexibility index (Phi) is 4.32. The van der Waals surface area contributed by atoms with E-state index in [1.807, 2.05) is 0 Å². The van der Waals surface area contributed by atoms with Gasteiger partial charge in [-0.2, -0.15) is 13.2 Å². The summed E-state index contributed by atoms with van der Waals surface area (Å²) >= 11 is 0. The second-order valence-corrected chi connectivity index (χ2v) is 6.17. The molecule has 25 heavy (non-hydrogen) atoms. The number of carboxylic acids is 1. The molecule has 2 heterocycles. The molecule has 2 aromatic rings. The number of alkyl halides is 3. The van der Waals surface area contributed by atoms with Crippen LogP contribution >= 0.6 is 0 Å². The van der Waals surface area contributed by atoms with E-state index in [4.69, 9.17) is 4.74 Å². The molecule has 0 amide bonds. The summed E-state index contributed by atoms with van der Waals surface area (Å²) < 4.78 is 44.0. The van der Waals surface area contributed by atoms with Crippen molar-refractivity contribution < 1.29 is 27.8 Å². The predicted octanol–water partition coefficient (Wildman–Crippen LogP) is 3.61. The second kappa shape index (κ2) is 6.18. The van der Waals surface area contributed by atoms with Crippen molar-refractivity contribution in [2.45, 2.75) is 31.5 Å². The van der Waals surface area contributed by atoms with Gasteiger partial charge in [0.1, 0.15) is 5.54 Å². The van der Waals surface area contributed by atoms with Gasteiger partial charge in [-0.05, 0) is 25.1 Å². The topological polar surface area (TPSA) is 71.5 Å². The molecule has 0 radical (unpaired) electrons. The number of aromatic nitrogens is 1. The molecule has 3 rings (SSSR count). The van der Waals surface area contributed by atoms with Crippen LogP contribution in [0.3, 0.4) is 0 Å². The summed E-state index contributed by atoms with van der Waals surface area (Å²) in [6.07, 6.45) is -3.92.